The van der Waals surface area contributed by atoms with Crippen LogP contribution in [-0.4, -0.2) is 25.7 Å². The van der Waals surface area contributed by atoms with Crippen LogP contribution in [0.4, 0.5) is 5.69 Å². The molecule has 2 heteroatoms. The van der Waals surface area contributed by atoms with E-state index in [1.165, 1.54) is 11.3 Å². The first-order valence-electron chi connectivity index (χ1n) is 7.14. The Balaban J connectivity index is 2.76. The van der Waals surface area contributed by atoms with Gasteiger partial charge in [0.05, 0.1) is 0 Å². The molecule has 0 aliphatic carbocycles. The van der Waals surface area contributed by atoms with Crippen LogP contribution in [0, 0.1) is 12.8 Å². The normalized spacial score (nSPS) is 14.3. The molecule has 2 unspecified atom stereocenters. The topological polar surface area (TPSA) is 15.3 Å². The summed E-state index contributed by atoms with van der Waals surface area (Å²) >= 11 is 0. The van der Waals surface area contributed by atoms with E-state index < -0.39 is 0 Å². The highest BCUT2D eigenvalue weighted by molar-refractivity contribution is 5.49. The van der Waals surface area contributed by atoms with Crippen LogP contribution in [-0.2, 0) is 0 Å². The van der Waals surface area contributed by atoms with Gasteiger partial charge in [-0.2, -0.15) is 0 Å². The minimum atomic E-state index is 0.552. The summed E-state index contributed by atoms with van der Waals surface area (Å²) < 4.78 is 0. The van der Waals surface area contributed by atoms with E-state index in [0.717, 1.165) is 19.6 Å². The number of aryl methyl sites for hydroxylation is 1. The molecule has 0 amide bonds. The fourth-order valence-corrected chi connectivity index (χ4v) is 2.36. The smallest absolute Gasteiger partial charge is 0.0371 e. The summed E-state index contributed by atoms with van der Waals surface area (Å²) in [7, 11) is 0. The van der Waals surface area contributed by atoms with Gasteiger partial charge in [-0.15, -0.1) is 0 Å². The zero-order valence-electron chi connectivity index (χ0n) is 12.5. The van der Waals surface area contributed by atoms with E-state index in [0.29, 0.717) is 12.0 Å². The summed E-state index contributed by atoms with van der Waals surface area (Å²) in [5.41, 5.74) is 2.67. The Morgan fingerprint density at radius 3 is 2.50 bits per heavy atom. The second-order valence-electron chi connectivity index (χ2n) is 5.15. The first-order chi connectivity index (χ1) is 8.60. The predicted molar refractivity (Wildman–Crippen MR) is 81.4 cm³/mol. The molecule has 0 aliphatic rings. The number of hydrogen-bond acceptors (Lipinski definition) is 2. The molecule has 1 N–H and O–H groups in total. The van der Waals surface area contributed by atoms with Gasteiger partial charge in [0.25, 0.3) is 0 Å². The van der Waals surface area contributed by atoms with Gasteiger partial charge in [-0.1, -0.05) is 26.0 Å². The molecule has 0 saturated heterocycles. The van der Waals surface area contributed by atoms with E-state index in [9.17, 15) is 0 Å². The molecule has 0 fully saturated rings. The summed E-state index contributed by atoms with van der Waals surface area (Å²) in [6.07, 6.45) is 0. The second kappa shape index (κ2) is 7.42. The fraction of sp³-hybridized carbons (Fsp3) is 0.625. The van der Waals surface area contributed by atoms with Gasteiger partial charge in [-0.25, -0.2) is 0 Å². The van der Waals surface area contributed by atoms with Gasteiger partial charge in [-0.05, 0) is 57.5 Å². The Hall–Kier alpha value is -1.02. The highest BCUT2D eigenvalue weighted by Crippen LogP contribution is 2.21. The summed E-state index contributed by atoms with van der Waals surface area (Å²) in [6, 6.07) is 9.35. The van der Waals surface area contributed by atoms with E-state index in [4.69, 9.17) is 0 Å². The quantitative estimate of drug-likeness (QED) is 0.795. The molecule has 0 radical (unpaired) electrons. The van der Waals surface area contributed by atoms with Crippen LogP contribution in [0.25, 0.3) is 0 Å². The lowest BCUT2D eigenvalue weighted by atomic mass is 10.0. The van der Waals surface area contributed by atoms with Crippen molar-refractivity contribution in [2.45, 2.75) is 40.7 Å². The number of benzene rings is 1. The molecule has 2 atom stereocenters. The van der Waals surface area contributed by atoms with E-state index >= 15 is 0 Å². The maximum absolute atomic E-state index is 3.44. The molecule has 1 rings (SSSR count). The predicted octanol–water partition coefficient (Wildman–Crippen LogP) is 3.46. The number of hydrogen-bond donors (Lipinski definition) is 1. The summed E-state index contributed by atoms with van der Waals surface area (Å²) in [5, 5.41) is 3.44. The van der Waals surface area contributed by atoms with Crippen LogP contribution in [0.2, 0.25) is 0 Å². The molecule has 102 valence electrons. The van der Waals surface area contributed by atoms with Gasteiger partial charge >= 0.3 is 0 Å². The van der Waals surface area contributed by atoms with Crippen LogP contribution < -0.4 is 10.2 Å². The lowest BCUT2D eigenvalue weighted by molar-refractivity contribution is 0.428. The SMILES string of the molecule is CCNCC(C)C(C)N(CC)c1cccc(C)c1. The van der Waals surface area contributed by atoms with Gasteiger partial charge in [0.1, 0.15) is 0 Å². The van der Waals surface area contributed by atoms with Crippen LogP contribution in [0.1, 0.15) is 33.3 Å². The zero-order valence-corrected chi connectivity index (χ0v) is 12.5. The molecular formula is C16H28N2. The summed E-state index contributed by atoms with van der Waals surface area (Å²) in [5.74, 6) is 0.644. The van der Waals surface area contributed by atoms with Crippen molar-refractivity contribution >= 4 is 5.69 Å². The average molecular weight is 248 g/mol. The number of rotatable bonds is 7. The van der Waals surface area contributed by atoms with Crippen molar-refractivity contribution < 1.29 is 0 Å². The van der Waals surface area contributed by atoms with E-state index in [1.807, 2.05) is 0 Å². The lowest BCUT2D eigenvalue weighted by Gasteiger charge is -2.34. The standard InChI is InChI=1S/C16H28N2/c1-6-17-12-14(4)15(5)18(7-2)16-10-8-9-13(3)11-16/h8-11,14-15,17H,6-7,12H2,1-5H3. The third kappa shape index (κ3) is 4.02. The molecule has 18 heavy (non-hydrogen) atoms. The maximum atomic E-state index is 3.44. The minimum absolute atomic E-state index is 0.552. The first-order valence-corrected chi connectivity index (χ1v) is 7.14. The second-order valence-corrected chi connectivity index (χ2v) is 5.15. The number of nitrogens with zero attached hydrogens (tertiary/aromatic N) is 1. The Kier molecular flexibility index (Phi) is 6.20. The van der Waals surface area contributed by atoms with Crippen molar-refractivity contribution in [3.63, 3.8) is 0 Å². The van der Waals surface area contributed by atoms with Crippen LogP contribution >= 0.6 is 0 Å². The Bertz CT molecular complexity index is 349. The van der Waals surface area contributed by atoms with Crippen LogP contribution in [0.3, 0.4) is 0 Å². The van der Waals surface area contributed by atoms with Gasteiger partial charge < -0.3 is 10.2 Å². The lowest BCUT2D eigenvalue weighted by Crippen LogP contribution is -2.41. The van der Waals surface area contributed by atoms with Crippen molar-refractivity contribution in [3.8, 4) is 0 Å². The highest BCUT2D eigenvalue weighted by Gasteiger charge is 2.18. The molecule has 2 nitrogen and oxygen atoms in total. The van der Waals surface area contributed by atoms with Gasteiger partial charge in [0.15, 0.2) is 0 Å². The molecule has 0 saturated carbocycles. The third-order valence-corrected chi connectivity index (χ3v) is 3.71. The van der Waals surface area contributed by atoms with Gasteiger partial charge in [-0.3, -0.25) is 0 Å². The van der Waals surface area contributed by atoms with Crippen molar-refractivity contribution in [3.05, 3.63) is 29.8 Å². The van der Waals surface area contributed by atoms with Gasteiger partial charge in [0.2, 0.25) is 0 Å². The van der Waals surface area contributed by atoms with Crippen molar-refractivity contribution in [2.75, 3.05) is 24.5 Å². The molecule has 1 aromatic rings. The molecule has 0 bridgehead atoms. The van der Waals surface area contributed by atoms with Crippen molar-refractivity contribution in [1.82, 2.24) is 5.32 Å². The third-order valence-electron chi connectivity index (χ3n) is 3.71. The molecular weight excluding hydrogens is 220 g/mol. The summed E-state index contributed by atoms with van der Waals surface area (Å²) in [4.78, 5) is 2.50. The average Bonchev–Trinajstić information content (AvgIpc) is 2.36. The molecule has 0 aromatic heterocycles. The van der Waals surface area contributed by atoms with Crippen molar-refractivity contribution in [1.29, 1.82) is 0 Å². The van der Waals surface area contributed by atoms with E-state index in [-0.39, 0.29) is 0 Å². The summed E-state index contributed by atoms with van der Waals surface area (Å²) in [6.45, 7) is 14.4. The van der Waals surface area contributed by atoms with Gasteiger partial charge in [0, 0.05) is 18.3 Å². The Morgan fingerprint density at radius 2 is 1.94 bits per heavy atom. The number of nitrogens with one attached hydrogen (secondary N) is 1. The van der Waals surface area contributed by atoms with Crippen molar-refractivity contribution in [2.24, 2.45) is 5.92 Å². The zero-order chi connectivity index (χ0) is 13.5. The Labute approximate surface area is 112 Å². The van der Waals surface area contributed by atoms with Crippen LogP contribution in [0.15, 0.2) is 24.3 Å². The minimum Gasteiger partial charge on any atom is -0.369 e. The highest BCUT2D eigenvalue weighted by atomic mass is 15.2. The molecule has 0 aliphatic heterocycles. The first kappa shape index (κ1) is 15.0. The maximum Gasteiger partial charge on any atom is 0.0371 e. The molecule has 0 spiro atoms. The Morgan fingerprint density at radius 1 is 1.22 bits per heavy atom. The van der Waals surface area contributed by atoms with E-state index in [2.05, 4.69) is 69.1 Å². The van der Waals surface area contributed by atoms with E-state index in [1.54, 1.807) is 0 Å². The fourth-order valence-electron chi connectivity index (χ4n) is 2.36. The number of anilines is 1. The molecule has 0 heterocycles. The monoisotopic (exact) mass is 248 g/mol. The largest absolute Gasteiger partial charge is 0.369 e. The van der Waals surface area contributed by atoms with Crippen LogP contribution in [0.5, 0.6) is 0 Å². The molecule has 1 aromatic carbocycles.